The van der Waals surface area contributed by atoms with E-state index in [4.69, 9.17) is 9.47 Å². The molecule has 2 amide bonds. The van der Waals surface area contributed by atoms with Crippen molar-refractivity contribution in [2.75, 3.05) is 25.6 Å². The number of hydrogen-bond acceptors (Lipinski definition) is 4. The minimum absolute atomic E-state index is 0.0678. The number of hydrogen-bond donors (Lipinski definition) is 2. The zero-order valence-electron chi connectivity index (χ0n) is 16.2. The minimum atomic E-state index is -0.266. The molecule has 2 aromatic carbocycles. The van der Waals surface area contributed by atoms with E-state index < -0.39 is 0 Å². The molecule has 1 fully saturated rings. The molecule has 6 heteroatoms. The van der Waals surface area contributed by atoms with E-state index in [1.807, 2.05) is 43.3 Å². The van der Waals surface area contributed by atoms with Crippen molar-refractivity contribution in [1.82, 2.24) is 5.32 Å². The van der Waals surface area contributed by atoms with Gasteiger partial charge in [-0.2, -0.15) is 0 Å². The van der Waals surface area contributed by atoms with Crippen molar-refractivity contribution in [1.29, 1.82) is 0 Å². The SMILES string of the molecule is CCOc1ccc(NC(=O)C2CC2C(=O)NCCc2ccccc2OC)cc1. The topological polar surface area (TPSA) is 76.7 Å². The van der Waals surface area contributed by atoms with Crippen LogP contribution in [0.3, 0.4) is 0 Å². The zero-order chi connectivity index (χ0) is 19.9. The minimum Gasteiger partial charge on any atom is -0.496 e. The highest BCUT2D eigenvalue weighted by molar-refractivity contribution is 5.99. The highest BCUT2D eigenvalue weighted by atomic mass is 16.5. The largest absolute Gasteiger partial charge is 0.496 e. The Labute approximate surface area is 165 Å². The fourth-order valence-electron chi connectivity index (χ4n) is 3.17. The summed E-state index contributed by atoms with van der Waals surface area (Å²) in [6, 6.07) is 15.0. The molecule has 2 atom stereocenters. The van der Waals surface area contributed by atoms with Crippen LogP contribution in [0, 0.1) is 11.8 Å². The van der Waals surface area contributed by atoms with Gasteiger partial charge >= 0.3 is 0 Å². The van der Waals surface area contributed by atoms with Gasteiger partial charge in [0.1, 0.15) is 11.5 Å². The Bertz CT molecular complexity index is 820. The van der Waals surface area contributed by atoms with Gasteiger partial charge in [0, 0.05) is 12.2 Å². The first-order valence-corrected chi connectivity index (χ1v) is 9.55. The Morgan fingerprint density at radius 1 is 1.04 bits per heavy atom. The van der Waals surface area contributed by atoms with Crippen LogP contribution in [0.5, 0.6) is 11.5 Å². The van der Waals surface area contributed by atoms with Gasteiger partial charge in [0.15, 0.2) is 0 Å². The number of benzene rings is 2. The molecular formula is C22H26N2O4. The van der Waals surface area contributed by atoms with E-state index in [0.29, 0.717) is 31.7 Å². The van der Waals surface area contributed by atoms with Crippen molar-refractivity contribution in [2.45, 2.75) is 19.8 Å². The summed E-state index contributed by atoms with van der Waals surface area (Å²) in [5.41, 5.74) is 1.75. The smallest absolute Gasteiger partial charge is 0.228 e. The van der Waals surface area contributed by atoms with Crippen LogP contribution in [0.4, 0.5) is 5.69 Å². The van der Waals surface area contributed by atoms with Gasteiger partial charge in [-0.15, -0.1) is 0 Å². The van der Waals surface area contributed by atoms with Crippen molar-refractivity contribution in [3.05, 3.63) is 54.1 Å². The Kier molecular flexibility index (Phi) is 6.53. The number of amides is 2. The van der Waals surface area contributed by atoms with E-state index in [1.54, 1.807) is 19.2 Å². The van der Waals surface area contributed by atoms with Gasteiger partial charge in [0.05, 0.1) is 25.6 Å². The number of carbonyl (C=O) groups is 2. The summed E-state index contributed by atoms with van der Waals surface area (Å²) in [6.45, 7) is 3.04. The summed E-state index contributed by atoms with van der Waals surface area (Å²) in [5, 5.41) is 5.79. The molecule has 6 nitrogen and oxygen atoms in total. The van der Waals surface area contributed by atoms with Gasteiger partial charge in [-0.1, -0.05) is 18.2 Å². The van der Waals surface area contributed by atoms with E-state index in [9.17, 15) is 9.59 Å². The van der Waals surface area contributed by atoms with Gasteiger partial charge in [0.25, 0.3) is 0 Å². The Morgan fingerprint density at radius 3 is 2.46 bits per heavy atom. The fourth-order valence-corrected chi connectivity index (χ4v) is 3.17. The molecule has 28 heavy (non-hydrogen) atoms. The van der Waals surface area contributed by atoms with Crippen molar-refractivity contribution >= 4 is 17.5 Å². The van der Waals surface area contributed by atoms with Gasteiger partial charge in [-0.3, -0.25) is 9.59 Å². The molecule has 0 radical (unpaired) electrons. The fraction of sp³-hybridized carbons (Fsp3) is 0.364. The molecule has 0 heterocycles. The Morgan fingerprint density at radius 2 is 1.75 bits per heavy atom. The number of ether oxygens (including phenoxy) is 2. The van der Waals surface area contributed by atoms with E-state index in [-0.39, 0.29) is 23.7 Å². The molecule has 1 aliphatic rings. The Balaban J connectivity index is 1.42. The lowest BCUT2D eigenvalue weighted by molar-refractivity contribution is -0.125. The van der Waals surface area contributed by atoms with Crippen molar-refractivity contribution in [2.24, 2.45) is 11.8 Å². The molecule has 2 unspecified atom stereocenters. The van der Waals surface area contributed by atoms with Crippen LogP contribution in [0.15, 0.2) is 48.5 Å². The number of methoxy groups -OCH3 is 1. The number of nitrogens with one attached hydrogen (secondary N) is 2. The van der Waals surface area contributed by atoms with Crippen LogP contribution in [0.1, 0.15) is 18.9 Å². The van der Waals surface area contributed by atoms with E-state index >= 15 is 0 Å². The molecular weight excluding hydrogens is 356 g/mol. The second kappa shape index (κ2) is 9.26. The summed E-state index contributed by atoms with van der Waals surface area (Å²) in [6.07, 6.45) is 1.27. The third kappa shape index (κ3) is 5.03. The third-order valence-electron chi connectivity index (χ3n) is 4.78. The molecule has 2 aromatic rings. The van der Waals surface area contributed by atoms with Crippen molar-refractivity contribution in [3.63, 3.8) is 0 Å². The van der Waals surface area contributed by atoms with Crippen molar-refractivity contribution < 1.29 is 19.1 Å². The predicted octanol–water partition coefficient (Wildman–Crippen LogP) is 3.03. The number of carbonyl (C=O) groups excluding carboxylic acids is 2. The molecule has 3 rings (SSSR count). The summed E-state index contributed by atoms with van der Waals surface area (Å²) in [7, 11) is 1.63. The lowest BCUT2D eigenvalue weighted by Crippen LogP contribution is -2.29. The third-order valence-corrected chi connectivity index (χ3v) is 4.78. The second-order valence-electron chi connectivity index (χ2n) is 6.75. The normalized spacial score (nSPS) is 17.5. The monoisotopic (exact) mass is 382 g/mol. The van der Waals surface area contributed by atoms with Crippen LogP contribution in [-0.4, -0.2) is 32.1 Å². The van der Waals surface area contributed by atoms with Crippen molar-refractivity contribution in [3.8, 4) is 11.5 Å². The van der Waals surface area contributed by atoms with E-state index in [0.717, 1.165) is 17.1 Å². The van der Waals surface area contributed by atoms with Crippen LogP contribution >= 0.6 is 0 Å². The molecule has 0 bridgehead atoms. The molecule has 0 aliphatic heterocycles. The molecule has 0 spiro atoms. The summed E-state index contributed by atoms with van der Waals surface area (Å²) < 4.78 is 10.7. The number of anilines is 1. The summed E-state index contributed by atoms with van der Waals surface area (Å²) in [4.78, 5) is 24.6. The lowest BCUT2D eigenvalue weighted by Gasteiger charge is -2.09. The first-order chi connectivity index (χ1) is 13.6. The van der Waals surface area contributed by atoms with Gasteiger partial charge in [-0.25, -0.2) is 0 Å². The van der Waals surface area contributed by atoms with Crippen LogP contribution in [-0.2, 0) is 16.0 Å². The quantitative estimate of drug-likeness (QED) is 0.699. The van der Waals surface area contributed by atoms with E-state index in [1.165, 1.54) is 0 Å². The van der Waals surface area contributed by atoms with Crippen LogP contribution in [0.2, 0.25) is 0 Å². The second-order valence-corrected chi connectivity index (χ2v) is 6.75. The maximum absolute atomic E-state index is 12.3. The first kappa shape index (κ1) is 19.7. The molecule has 148 valence electrons. The Hall–Kier alpha value is -3.02. The summed E-state index contributed by atoms with van der Waals surface area (Å²) in [5.74, 6) is 0.879. The number of para-hydroxylation sites is 1. The first-order valence-electron chi connectivity index (χ1n) is 9.55. The van der Waals surface area contributed by atoms with E-state index in [2.05, 4.69) is 10.6 Å². The predicted molar refractivity (Wildman–Crippen MR) is 108 cm³/mol. The van der Waals surface area contributed by atoms with Gasteiger partial charge < -0.3 is 20.1 Å². The maximum Gasteiger partial charge on any atom is 0.228 e. The lowest BCUT2D eigenvalue weighted by atomic mass is 10.1. The average Bonchev–Trinajstić information content (AvgIpc) is 3.51. The zero-order valence-corrected chi connectivity index (χ0v) is 16.2. The highest BCUT2D eigenvalue weighted by Gasteiger charge is 2.47. The highest BCUT2D eigenvalue weighted by Crippen LogP contribution is 2.39. The molecule has 0 saturated heterocycles. The van der Waals surface area contributed by atoms with Crippen LogP contribution < -0.4 is 20.1 Å². The van der Waals surface area contributed by atoms with Gasteiger partial charge in [-0.05, 0) is 55.7 Å². The summed E-state index contributed by atoms with van der Waals surface area (Å²) >= 11 is 0. The molecule has 1 saturated carbocycles. The average molecular weight is 382 g/mol. The maximum atomic E-state index is 12.3. The molecule has 1 aliphatic carbocycles. The molecule has 0 aromatic heterocycles. The van der Waals surface area contributed by atoms with Gasteiger partial charge in [0.2, 0.25) is 11.8 Å². The van der Waals surface area contributed by atoms with Crippen LogP contribution in [0.25, 0.3) is 0 Å². The molecule has 2 N–H and O–H groups in total. The standard InChI is InChI=1S/C22H26N2O4/c1-3-28-17-10-8-16(9-11-17)24-22(26)19-14-18(19)21(25)23-13-12-15-6-4-5-7-20(15)27-2/h4-11,18-19H,3,12-14H2,1-2H3,(H,23,25)(H,24,26). The number of rotatable bonds is 9.